The fourth-order valence-electron chi connectivity index (χ4n) is 1.27. The van der Waals surface area contributed by atoms with E-state index in [4.69, 9.17) is 5.26 Å². The number of nitrogens with zero attached hydrogens (tertiary/aromatic N) is 3. The first kappa shape index (κ1) is 11.3. The van der Waals surface area contributed by atoms with Crippen molar-refractivity contribution in [1.29, 1.82) is 5.26 Å². The molecule has 3 nitrogen and oxygen atoms in total. The highest BCUT2D eigenvalue weighted by Gasteiger charge is 2.00. The summed E-state index contributed by atoms with van der Waals surface area (Å²) in [5.74, 6) is 1.06. The number of aromatic nitrogens is 2. The fraction of sp³-hybridized carbons (Fsp3) is 0.333. The Bertz CT molecular complexity index is 477. The number of fused-ring (bicyclic) bond motifs is 1. The van der Waals surface area contributed by atoms with Gasteiger partial charge in [0.15, 0.2) is 0 Å². The maximum absolute atomic E-state index is 7.62. The van der Waals surface area contributed by atoms with Crippen molar-refractivity contribution in [3.63, 3.8) is 0 Å². The van der Waals surface area contributed by atoms with Crippen molar-refractivity contribution in [2.24, 2.45) is 7.05 Å². The summed E-state index contributed by atoms with van der Waals surface area (Å²) in [6, 6.07) is 10.1. The molecular weight excluding hydrogens is 186 g/mol. The zero-order valence-electron chi connectivity index (χ0n) is 9.36. The van der Waals surface area contributed by atoms with E-state index in [2.05, 4.69) is 15.6 Å². The second-order valence-electron chi connectivity index (χ2n) is 3.22. The molecule has 0 spiro atoms. The van der Waals surface area contributed by atoms with Crippen LogP contribution in [-0.2, 0) is 7.05 Å². The van der Waals surface area contributed by atoms with Crippen molar-refractivity contribution in [3.8, 4) is 6.07 Å². The lowest BCUT2D eigenvalue weighted by molar-refractivity contribution is 0.886. The Morgan fingerprint density at radius 2 is 2.00 bits per heavy atom. The van der Waals surface area contributed by atoms with Gasteiger partial charge in [-0.1, -0.05) is 19.1 Å². The van der Waals surface area contributed by atoms with E-state index in [1.807, 2.05) is 45.2 Å². The second kappa shape index (κ2) is 5.16. The van der Waals surface area contributed by atoms with Crippen LogP contribution in [-0.4, -0.2) is 9.55 Å². The van der Waals surface area contributed by atoms with Crippen molar-refractivity contribution in [2.45, 2.75) is 20.3 Å². The van der Waals surface area contributed by atoms with Gasteiger partial charge in [-0.15, -0.1) is 0 Å². The molecule has 78 valence electrons. The van der Waals surface area contributed by atoms with Gasteiger partial charge in [0.1, 0.15) is 5.82 Å². The van der Waals surface area contributed by atoms with E-state index in [1.54, 1.807) is 0 Å². The minimum absolute atomic E-state index is 0.625. The molecule has 1 aromatic carbocycles. The molecule has 3 heteroatoms. The van der Waals surface area contributed by atoms with Crippen molar-refractivity contribution in [3.05, 3.63) is 30.1 Å². The van der Waals surface area contributed by atoms with Gasteiger partial charge in [-0.25, -0.2) is 4.98 Å². The van der Waals surface area contributed by atoms with Gasteiger partial charge in [0.25, 0.3) is 0 Å². The quantitative estimate of drug-likeness (QED) is 0.657. The molecule has 2 rings (SSSR count). The molecule has 0 N–H and O–H groups in total. The van der Waals surface area contributed by atoms with Gasteiger partial charge in [0.05, 0.1) is 17.1 Å². The summed E-state index contributed by atoms with van der Waals surface area (Å²) in [7, 11) is 2.03. The molecule has 0 saturated heterocycles. The minimum atomic E-state index is 0.625. The largest absolute Gasteiger partial charge is 0.331 e. The molecule has 0 atom stereocenters. The zero-order valence-corrected chi connectivity index (χ0v) is 9.36. The van der Waals surface area contributed by atoms with Crippen LogP contribution in [0, 0.1) is 18.3 Å². The van der Waals surface area contributed by atoms with Crippen molar-refractivity contribution < 1.29 is 0 Å². The summed E-state index contributed by atoms with van der Waals surface area (Å²) in [6.45, 7) is 3.83. The van der Waals surface area contributed by atoms with E-state index in [0.29, 0.717) is 6.42 Å². The highest BCUT2D eigenvalue weighted by molar-refractivity contribution is 5.75. The predicted molar refractivity (Wildman–Crippen MR) is 61.4 cm³/mol. The number of nitriles is 1. The first-order chi connectivity index (χ1) is 7.20. The Kier molecular flexibility index (Phi) is 3.87. The Hall–Kier alpha value is -1.82. The minimum Gasteiger partial charge on any atom is -0.331 e. The van der Waals surface area contributed by atoms with Crippen LogP contribution in [0.15, 0.2) is 24.3 Å². The van der Waals surface area contributed by atoms with Crippen LogP contribution in [0.5, 0.6) is 0 Å². The Morgan fingerprint density at radius 3 is 2.53 bits per heavy atom. The van der Waals surface area contributed by atoms with Gasteiger partial charge in [-0.05, 0) is 19.1 Å². The summed E-state index contributed by atoms with van der Waals surface area (Å²) in [4.78, 5) is 4.38. The lowest BCUT2D eigenvalue weighted by atomic mass is 10.3. The second-order valence-corrected chi connectivity index (χ2v) is 3.22. The smallest absolute Gasteiger partial charge is 0.106 e. The summed E-state index contributed by atoms with van der Waals surface area (Å²) in [6.07, 6.45) is 0.625. The molecule has 0 unspecified atom stereocenters. The van der Waals surface area contributed by atoms with Gasteiger partial charge in [0.2, 0.25) is 0 Å². The maximum atomic E-state index is 7.62. The van der Waals surface area contributed by atoms with Crippen LogP contribution < -0.4 is 0 Å². The number of rotatable bonds is 0. The Labute approximate surface area is 90.0 Å². The molecule has 0 amide bonds. The van der Waals surface area contributed by atoms with E-state index in [9.17, 15) is 0 Å². The average molecular weight is 201 g/mol. The van der Waals surface area contributed by atoms with Crippen LogP contribution in [0.25, 0.3) is 11.0 Å². The van der Waals surface area contributed by atoms with Gasteiger partial charge < -0.3 is 4.57 Å². The average Bonchev–Trinajstić information content (AvgIpc) is 2.56. The number of hydrogen-bond acceptors (Lipinski definition) is 2. The third kappa shape index (κ3) is 2.57. The lowest BCUT2D eigenvalue weighted by Crippen LogP contribution is -1.89. The van der Waals surface area contributed by atoms with E-state index in [-0.39, 0.29) is 0 Å². The van der Waals surface area contributed by atoms with Gasteiger partial charge >= 0.3 is 0 Å². The van der Waals surface area contributed by atoms with Gasteiger partial charge in [-0.3, -0.25) is 0 Å². The van der Waals surface area contributed by atoms with Crippen LogP contribution in [0.3, 0.4) is 0 Å². The first-order valence-corrected chi connectivity index (χ1v) is 4.95. The molecule has 0 radical (unpaired) electrons. The SMILES string of the molecule is CCC#N.Cc1nc2ccccc2n1C. The van der Waals surface area contributed by atoms with Crippen molar-refractivity contribution in [2.75, 3.05) is 0 Å². The summed E-state index contributed by atoms with van der Waals surface area (Å²) in [5.41, 5.74) is 2.28. The third-order valence-corrected chi connectivity index (χ3v) is 2.17. The highest BCUT2D eigenvalue weighted by atomic mass is 15.0. The molecule has 0 fully saturated rings. The molecule has 0 saturated carbocycles. The summed E-state index contributed by atoms with van der Waals surface area (Å²) < 4.78 is 2.09. The molecule has 15 heavy (non-hydrogen) atoms. The van der Waals surface area contributed by atoms with E-state index in [1.165, 1.54) is 5.52 Å². The molecule has 0 aliphatic heterocycles. The van der Waals surface area contributed by atoms with E-state index >= 15 is 0 Å². The van der Waals surface area contributed by atoms with Crippen molar-refractivity contribution in [1.82, 2.24) is 9.55 Å². The maximum Gasteiger partial charge on any atom is 0.106 e. The number of hydrogen-bond donors (Lipinski definition) is 0. The third-order valence-electron chi connectivity index (χ3n) is 2.17. The first-order valence-electron chi connectivity index (χ1n) is 4.95. The molecule has 0 bridgehead atoms. The zero-order chi connectivity index (χ0) is 11.3. The highest BCUT2D eigenvalue weighted by Crippen LogP contribution is 2.12. The Balaban J connectivity index is 0.000000245. The van der Waals surface area contributed by atoms with Gasteiger partial charge in [-0.2, -0.15) is 5.26 Å². The molecule has 1 aromatic heterocycles. The van der Waals surface area contributed by atoms with Crippen molar-refractivity contribution >= 4 is 11.0 Å². The monoisotopic (exact) mass is 201 g/mol. The molecule has 1 heterocycles. The number of para-hydroxylation sites is 2. The molecular formula is C12H15N3. The predicted octanol–water partition coefficient (Wildman–Crippen LogP) is 2.80. The van der Waals surface area contributed by atoms with Crippen LogP contribution in [0.1, 0.15) is 19.2 Å². The van der Waals surface area contributed by atoms with Crippen LogP contribution in [0.4, 0.5) is 0 Å². The number of imidazole rings is 1. The normalized spacial score (nSPS) is 9.20. The van der Waals surface area contributed by atoms with E-state index < -0.39 is 0 Å². The van der Waals surface area contributed by atoms with Gasteiger partial charge in [0, 0.05) is 13.5 Å². The standard InChI is InChI=1S/C9H10N2.C3H5N/c1-7-10-8-5-3-4-6-9(8)11(7)2;1-2-3-4/h3-6H,1-2H3;2H2,1H3. The van der Waals surface area contributed by atoms with Crippen LogP contribution in [0.2, 0.25) is 0 Å². The fourth-order valence-corrected chi connectivity index (χ4v) is 1.27. The molecule has 0 aliphatic carbocycles. The molecule has 0 aliphatic rings. The summed E-state index contributed by atoms with van der Waals surface area (Å²) >= 11 is 0. The number of aryl methyl sites for hydroxylation is 2. The summed E-state index contributed by atoms with van der Waals surface area (Å²) in [5, 5.41) is 7.62. The Morgan fingerprint density at radius 1 is 1.40 bits per heavy atom. The topological polar surface area (TPSA) is 41.6 Å². The molecule has 2 aromatic rings. The van der Waals surface area contributed by atoms with Crippen LogP contribution >= 0.6 is 0 Å². The van der Waals surface area contributed by atoms with E-state index in [0.717, 1.165) is 11.3 Å². The number of benzene rings is 1. The lowest BCUT2D eigenvalue weighted by Gasteiger charge is -1.93.